The maximum Gasteiger partial charge on any atom is 0.418 e. The number of aromatic nitrogens is 2. The Morgan fingerprint density at radius 3 is 2.45 bits per heavy atom. The van der Waals surface area contributed by atoms with Crippen molar-refractivity contribution in [3.05, 3.63) is 107 Å². The molecular weight excluding hydrogens is 408 g/mol. The van der Waals surface area contributed by atoms with Gasteiger partial charge in [0.25, 0.3) is 0 Å². The third kappa shape index (κ3) is 4.45. The number of carbonyl (C=O) groups is 1. The van der Waals surface area contributed by atoms with Crippen LogP contribution >= 0.6 is 0 Å². The van der Waals surface area contributed by atoms with E-state index in [-0.39, 0.29) is 23.5 Å². The second kappa shape index (κ2) is 8.26. The molecule has 1 atom stereocenters. The van der Waals surface area contributed by atoms with Crippen LogP contribution in [0.2, 0.25) is 0 Å². The van der Waals surface area contributed by atoms with E-state index >= 15 is 0 Å². The maximum atomic E-state index is 13.9. The molecule has 2 heterocycles. The number of fused-ring (bicyclic) bond motifs is 1. The summed E-state index contributed by atoms with van der Waals surface area (Å²) in [6, 6.07) is 15.9. The van der Waals surface area contributed by atoms with Crippen LogP contribution in [-0.4, -0.2) is 15.8 Å². The van der Waals surface area contributed by atoms with Gasteiger partial charge < -0.3 is 0 Å². The van der Waals surface area contributed by atoms with Gasteiger partial charge in [-0.1, -0.05) is 30.3 Å². The summed E-state index contributed by atoms with van der Waals surface area (Å²) in [4.78, 5) is 21.2. The molecule has 3 nitrogen and oxygen atoms in total. The minimum Gasteiger partial charge on any atom is -0.294 e. The van der Waals surface area contributed by atoms with Crippen LogP contribution in [-0.2, 0) is 6.18 Å². The summed E-state index contributed by atoms with van der Waals surface area (Å²) in [6.45, 7) is 0. The van der Waals surface area contributed by atoms with E-state index in [1.165, 1.54) is 30.5 Å². The Bertz CT molecular complexity index is 1250. The molecule has 2 aromatic carbocycles. The Labute approximate surface area is 175 Å². The second-order valence-corrected chi connectivity index (χ2v) is 7.08. The molecule has 0 radical (unpaired) electrons. The van der Waals surface area contributed by atoms with Gasteiger partial charge in [0.05, 0.1) is 16.8 Å². The number of ketones is 1. The van der Waals surface area contributed by atoms with Gasteiger partial charge in [0, 0.05) is 35.7 Å². The molecule has 0 amide bonds. The molecule has 0 fully saturated rings. The summed E-state index contributed by atoms with van der Waals surface area (Å²) in [6.07, 6.45) is -2.14. The lowest BCUT2D eigenvalue weighted by Gasteiger charge is -2.21. The Morgan fingerprint density at radius 2 is 1.68 bits per heavy atom. The number of hydrogen-bond acceptors (Lipinski definition) is 3. The number of Topliss-reactive ketones (excluding diaryl/α,β-unsaturated/α-hetero) is 1. The molecule has 0 saturated heterocycles. The molecule has 156 valence electrons. The van der Waals surface area contributed by atoms with Gasteiger partial charge in [-0.25, -0.2) is 4.39 Å². The molecule has 0 N–H and O–H groups in total. The van der Waals surface area contributed by atoms with Gasteiger partial charge in [0.1, 0.15) is 5.82 Å². The Balaban J connectivity index is 1.77. The Kier molecular flexibility index (Phi) is 5.50. The molecule has 2 aromatic heterocycles. The van der Waals surface area contributed by atoms with Crippen molar-refractivity contribution in [2.75, 3.05) is 0 Å². The highest BCUT2D eigenvalue weighted by molar-refractivity contribution is 5.99. The zero-order valence-corrected chi connectivity index (χ0v) is 16.1. The van der Waals surface area contributed by atoms with Crippen LogP contribution in [0.5, 0.6) is 0 Å². The number of rotatable bonds is 5. The molecule has 0 bridgehead atoms. The van der Waals surface area contributed by atoms with E-state index in [1.54, 1.807) is 30.5 Å². The molecule has 4 aromatic rings. The zero-order chi connectivity index (χ0) is 22.0. The highest BCUT2D eigenvalue weighted by Crippen LogP contribution is 2.38. The number of hydrogen-bond donors (Lipinski definition) is 0. The van der Waals surface area contributed by atoms with E-state index in [9.17, 15) is 22.4 Å². The van der Waals surface area contributed by atoms with E-state index in [0.717, 1.165) is 17.5 Å². The molecule has 0 saturated carbocycles. The van der Waals surface area contributed by atoms with Gasteiger partial charge in [-0.2, -0.15) is 13.2 Å². The predicted octanol–water partition coefficient (Wildman–Crippen LogP) is 6.19. The normalized spacial score (nSPS) is 12.6. The van der Waals surface area contributed by atoms with E-state index < -0.39 is 23.5 Å². The summed E-state index contributed by atoms with van der Waals surface area (Å²) in [5.41, 5.74) is -0.0943. The van der Waals surface area contributed by atoms with Crippen LogP contribution in [0.1, 0.15) is 39.5 Å². The van der Waals surface area contributed by atoms with Gasteiger partial charge in [-0.15, -0.1) is 0 Å². The summed E-state index contributed by atoms with van der Waals surface area (Å²) in [5, 5.41) is 0.838. The zero-order valence-electron chi connectivity index (χ0n) is 16.1. The highest BCUT2D eigenvalue weighted by atomic mass is 19.4. The average Bonchev–Trinajstić information content (AvgIpc) is 2.76. The van der Waals surface area contributed by atoms with E-state index in [2.05, 4.69) is 9.97 Å². The number of alkyl halides is 3. The van der Waals surface area contributed by atoms with Crippen molar-refractivity contribution >= 4 is 16.7 Å². The van der Waals surface area contributed by atoms with Crippen molar-refractivity contribution in [1.29, 1.82) is 0 Å². The number of benzene rings is 2. The lowest BCUT2D eigenvalue weighted by molar-refractivity contribution is -0.138. The van der Waals surface area contributed by atoms with Crippen molar-refractivity contribution in [3.8, 4) is 0 Å². The minimum atomic E-state index is -4.66. The average molecular weight is 424 g/mol. The quantitative estimate of drug-likeness (QED) is 0.283. The molecule has 0 spiro atoms. The van der Waals surface area contributed by atoms with Crippen LogP contribution in [0.3, 0.4) is 0 Å². The smallest absolute Gasteiger partial charge is 0.294 e. The lowest BCUT2D eigenvalue weighted by atomic mass is 9.86. The molecule has 0 aliphatic heterocycles. The first-order chi connectivity index (χ1) is 14.8. The van der Waals surface area contributed by atoms with Crippen LogP contribution in [0.25, 0.3) is 10.9 Å². The first-order valence-corrected chi connectivity index (χ1v) is 9.48. The lowest BCUT2D eigenvalue weighted by Crippen LogP contribution is -2.17. The molecule has 0 aliphatic rings. The third-order valence-electron chi connectivity index (χ3n) is 5.04. The van der Waals surface area contributed by atoms with E-state index in [4.69, 9.17) is 0 Å². The molecule has 4 rings (SSSR count). The molecule has 31 heavy (non-hydrogen) atoms. The van der Waals surface area contributed by atoms with Crippen LogP contribution in [0.15, 0.2) is 79.1 Å². The first kappa shape index (κ1) is 20.7. The summed E-state index contributed by atoms with van der Waals surface area (Å²) < 4.78 is 54.8. The number of carbonyl (C=O) groups excluding carboxylic acids is 1. The summed E-state index contributed by atoms with van der Waals surface area (Å²) in [7, 11) is 0. The predicted molar refractivity (Wildman–Crippen MR) is 108 cm³/mol. The van der Waals surface area contributed by atoms with Crippen molar-refractivity contribution in [2.45, 2.75) is 18.5 Å². The van der Waals surface area contributed by atoms with E-state index in [1.807, 2.05) is 6.07 Å². The molecule has 0 aliphatic carbocycles. The van der Waals surface area contributed by atoms with Crippen LogP contribution in [0, 0.1) is 5.82 Å². The van der Waals surface area contributed by atoms with E-state index in [0.29, 0.717) is 11.1 Å². The van der Waals surface area contributed by atoms with Crippen LogP contribution in [0.4, 0.5) is 17.6 Å². The summed E-state index contributed by atoms with van der Waals surface area (Å²) >= 11 is 0. The van der Waals surface area contributed by atoms with Crippen molar-refractivity contribution < 1.29 is 22.4 Å². The standard InChI is InChI=1S/C24H16F4N2O/c25-18-6-1-4-16(12-18)19(23-20(24(26,27)28)7-3-11-30-23)14-22(31)17-9-8-15-5-2-10-29-21(15)13-17/h1-13,19H,14H2/t19-/m0/s1. The monoisotopic (exact) mass is 424 g/mol. The van der Waals surface area contributed by atoms with Gasteiger partial charge in [-0.05, 0) is 42.0 Å². The third-order valence-corrected chi connectivity index (χ3v) is 5.04. The number of pyridine rings is 2. The largest absolute Gasteiger partial charge is 0.418 e. The van der Waals surface area contributed by atoms with Gasteiger partial charge in [0.2, 0.25) is 0 Å². The fourth-order valence-electron chi connectivity index (χ4n) is 3.57. The van der Waals surface area contributed by atoms with Gasteiger partial charge >= 0.3 is 6.18 Å². The topological polar surface area (TPSA) is 42.9 Å². The fraction of sp³-hybridized carbons (Fsp3) is 0.125. The van der Waals surface area contributed by atoms with Gasteiger partial charge in [0.15, 0.2) is 5.78 Å². The molecular formula is C24H16F4N2O. The minimum absolute atomic E-state index is 0.247. The Hall–Kier alpha value is -3.61. The van der Waals surface area contributed by atoms with Gasteiger partial charge in [-0.3, -0.25) is 14.8 Å². The maximum absolute atomic E-state index is 13.9. The van der Waals surface area contributed by atoms with Crippen LogP contribution < -0.4 is 0 Å². The fourth-order valence-corrected chi connectivity index (χ4v) is 3.57. The van der Waals surface area contributed by atoms with Crippen molar-refractivity contribution in [1.82, 2.24) is 9.97 Å². The SMILES string of the molecule is O=C(C[C@@H](c1cccc(F)c1)c1ncccc1C(F)(F)F)c1ccc2cccnc2c1. The second-order valence-electron chi connectivity index (χ2n) is 7.08. The first-order valence-electron chi connectivity index (χ1n) is 9.48. The van der Waals surface area contributed by atoms with Crippen molar-refractivity contribution in [3.63, 3.8) is 0 Å². The van der Waals surface area contributed by atoms with Crippen molar-refractivity contribution in [2.24, 2.45) is 0 Å². The summed E-state index contributed by atoms with van der Waals surface area (Å²) in [5.74, 6) is -2.06. The number of halogens is 4. The Morgan fingerprint density at radius 1 is 0.903 bits per heavy atom. The number of nitrogens with zero attached hydrogens (tertiary/aromatic N) is 2. The molecule has 7 heteroatoms. The highest BCUT2D eigenvalue weighted by Gasteiger charge is 2.37. The molecule has 0 unspecified atom stereocenters.